The zero-order chi connectivity index (χ0) is 19.8. The number of amides is 1. The van der Waals surface area contributed by atoms with Gasteiger partial charge in [-0.1, -0.05) is 25.3 Å². The van der Waals surface area contributed by atoms with Gasteiger partial charge in [-0.3, -0.25) is 9.89 Å². The number of H-pyrrole nitrogens is 1. The van der Waals surface area contributed by atoms with E-state index in [0.29, 0.717) is 17.9 Å². The number of nitrogens with one attached hydrogen (secondary N) is 1. The molecule has 0 bridgehead atoms. The molecule has 152 valence electrons. The first-order valence-electron chi connectivity index (χ1n) is 10.9. The van der Waals surface area contributed by atoms with Crippen LogP contribution in [-0.2, 0) is 11.3 Å². The number of benzene rings is 1. The van der Waals surface area contributed by atoms with E-state index in [2.05, 4.69) is 49.8 Å². The lowest BCUT2D eigenvalue weighted by Gasteiger charge is -2.29. The second-order valence-electron chi connectivity index (χ2n) is 8.86. The van der Waals surface area contributed by atoms with Crippen molar-refractivity contribution >= 4 is 16.9 Å². The van der Waals surface area contributed by atoms with Gasteiger partial charge in [0.25, 0.3) is 0 Å². The Balaban J connectivity index is 1.29. The summed E-state index contributed by atoms with van der Waals surface area (Å²) in [4.78, 5) is 19.8. The van der Waals surface area contributed by atoms with Gasteiger partial charge in [-0.2, -0.15) is 5.10 Å². The van der Waals surface area contributed by atoms with Crippen molar-refractivity contribution in [3.63, 3.8) is 0 Å². The van der Waals surface area contributed by atoms with E-state index >= 15 is 0 Å². The Labute approximate surface area is 171 Å². The van der Waals surface area contributed by atoms with Crippen molar-refractivity contribution in [1.82, 2.24) is 24.6 Å². The highest BCUT2D eigenvalue weighted by Gasteiger charge is 2.36. The largest absolute Gasteiger partial charge is 0.339 e. The molecular formula is C23H29N5O. The molecule has 1 amide bonds. The fourth-order valence-corrected chi connectivity index (χ4v) is 5.24. The first kappa shape index (κ1) is 18.4. The summed E-state index contributed by atoms with van der Waals surface area (Å²) in [6.07, 6.45) is 12.6. The average Bonchev–Trinajstić information content (AvgIpc) is 3.49. The molecule has 0 unspecified atom stereocenters. The van der Waals surface area contributed by atoms with E-state index in [4.69, 9.17) is 0 Å². The summed E-state index contributed by atoms with van der Waals surface area (Å²) in [5.41, 5.74) is 4.35. The van der Waals surface area contributed by atoms with Crippen LogP contribution < -0.4 is 0 Å². The first-order valence-corrected chi connectivity index (χ1v) is 10.9. The fraction of sp³-hybridized carbons (Fsp3) is 0.522. The number of fused-ring (bicyclic) bond motifs is 1. The summed E-state index contributed by atoms with van der Waals surface area (Å²) in [5, 5.41) is 6.89. The molecule has 3 heterocycles. The Bertz CT molecular complexity index is 986. The van der Waals surface area contributed by atoms with Gasteiger partial charge in [0.1, 0.15) is 0 Å². The minimum Gasteiger partial charge on any atom is -0.339 e. The molecule has 6 heteroatoms. The lowest BCUT2D eigenvalue weighted by molar-refractivity contribution is -0.137. The van der Waals surface area contributed by atoms with Gasteiger partial charge in [0, 0.05) is 36.8 Å². The van der Waals surface area contributed by atoms with Crippen LogP contribution in [-0.4, -0.2) is 43.1 Å². The maximum absolute atomic E-state index is 13.0. The van der Waals surface area contributed by atoms with Crippen molar-refractivity contribution in [3.8, 4) is 11.1 Å². The monoisotopic (exact) mass is 391 g/mol. The molecule has 5 rings (SSSR count). The van der Waals surface area contributed by atoms with Gasteiger partial charge in [0.15, 0.2) is 0 Å². The second-order valence-corrected chi connectivity index (χ2v) is 8.86. The summed E-state index contributed by atoms with van der Waals surface area (Å²) in [7, 11) is 0. The molecule has 2 atom stereocenters. The molecule has 2 fully saturated rings. The molecule has 1 saturated heterocycles. The predicted octanol–water partition coefficient (Wildman–Crippen LogP) is 4.24. The van der Waals surface area contributed by atoms with Crippen LogP contribution >= 0.6 is 0 Å². The molecule has 2 aromatic heterocycles. The molecule has 6 nitrogen and oxygen atoms in total. The van der Waals surface area contributed by atoms with E-state index in [9.17, 15) is 4.79 Å². The summed E-state index contributed by atoms with van der Waals surface area (Å²) >= 11 is 0. The van der Waals surface area contributed by atoms with Crippen molar-refractivity contribution in [3.05, 3.63) is 36.9 Å². The van der Waals surface area contributed by atoms with Crippen LogP contribution in [0.3, 0.4) is 0 Å². The van der Waals surface area contributed by atoms with Crippen LogP contribution in [0.25, 0.3) is 22.2 Å². The molecule has 3 aromatic rings. The topological polar surface area (TPSA) is 66.8 Å². The SMILES string of the molecule is C[C@H]1C[C@@H](Cn2cnc3cc(-c4cn[nH]c4)ccc32)CN1C(=O)C1CCCCC1. The third kappa shape index (κ3) is 3.56. The zero-order valence-corrected chi connectivity index (χ0v) is 17.1. The lowest BCUT2D eigenvalue weighted by Crippen LogP contribution is -2.39. The molecule has 0 radical (unpaired) electrons. The maximum Gasteiger partial charge on any atom is 0.225 e. The molecule has 1 aliphatic carbocycles. The standard InChI is InChI=1S/C23H29N5O/c1-16-9-17(14-28(16)23(29)18-5-3-2-4-6-18)13-27-15-24-21-10-19(7-8-22(21)27)20-11-25-26-12-20/h7-8,10-12,15-18H,2-6,9,13-14H2,1H3,(H,25,26)/t16-,17-/m0/s1. The number of aromatic amines is 1. The van der Waals surface area contributed by atoms with Crippen molar-refractivity contribution in [2.75, 3.05) is 6.54 Å². The minimum atomic E-state index is 0.264. The number of hydrogen-bond donors (Lipinski definition) is 1. The number of carbonyl (C=O) groups excluding carboxylic acids is 1. The number of imidazole rings is 1. The van der Waals surface area contributed by atoms with E-state index in [0.717, 1.165) is 54.5 Å². The van der Waals surface area contributed by atoms with Gasteiger partial charge in [0.05, 0.1) is 23.6 Å². The quantitative estimate of drug-likeness (QED) is 0.723. The van der Waals surface area contributed by atoms with Gasteiger partial charge in [-0.25, -0.2) is 4.98 Å². The highest BCUT2D eigenvalue weighted by atomic mass is 16.2. The molecule has 29 heavy (non-hydrogen) atoms. The second kappa shape index (κ2) is 7.65. The summed E-state index contributed by atoms with van der Waals surface area (Å²) < 4.78 is 2.25. The first-order chi connectivity index (χ1) is 14.2. The normalized spacial score (nSPS) is 23.1. The van der Waals surface area contributed by atoms with Gasteiger partial charge >= 0.3 is 0 Å². The minimum absolute atomic E-state index is 0.264. The number of hydrogen-bond acceptors (Lipinski definition) is 3. The Morgan fingerprint density at radius 3 is 2.86 bits per heavy atom. The number of nitrogens with zero attached hydrogens (tertiary/aromatic N) is 4. The summed E-state index contributed by atoms with van der Waals surface area (Å²) in [5.74, 6) is 1.16. The summed E-state index contributed by atoms with van der Waals surface area (Å²) in [6.45, 7) is 4.01. The smallest absolute Gasteiger partial charge is 0.225 e. The van der Waals surface area contributed by atoms with E-state index in [-0.39, 0.29) is 5.92 Å². The fourth-order valence-electron chi connectivity index (χ4n) is 5.24. The van der Waals surface area contributed by atoms with Crippen LogP contribution in [0.15, 0.2) is 36.9 Å². The van der Waals surface area contributed by atoms with Crippen LogP contribution in [0.4, 0.5) is 0 Å². The van der Waals surface area contributed by atoms with Crippen LogP contribution in [0, 0.1) is 11.8 Å². The third-order valence-corrected chi connectivity index (χ3v) is 6.81. The average molecular weight is 392 g/mol. The maximum atomic E-state index is 13.0. The Morgan fingerprint density at radius 1 is 1.21 bits per heavy atom. The Hall–Kier alpha value is -2.63. The van der Waals surface area contributed by atoms with Gasteiger partial charge in [-0.15, -0.1) is 0 Å². The van der Waals surface area contributed by atoms with E-state index in [1.807, 2.05) is 18.7 Å². The molecule has 1 N–H and O–H groups in total. The van der Waals surface area contributed by atoms with Crippen LogP contribution in [0.2, 0.25) is 0 Å². The van der Waals surface area contributed by atoms with Gasteiger partial charge in [0.2, 0.25) is 5.91 Å². The molecule has 0 spiro atoms. The number of likely N-dealkylation sites (tertiary alicyclic amines) is 1. The van der Waals surface area contributed by atoms with Gasteiger partial charge in [-0.05, 0) is 49.8 Å². The van der Waals surface area contributed by atoms with Crippen molar-refractivity contribution in [2.45, 2.75) is 58.0 Å². The van der Waals surface area contributed by atoms with E-state index in [1.165, 1.54) is 19.3 Å². The molecule has 1 aromatic carbocycles. The third-order valence-electron chi connectivity index (χ3n) is 6.81. The van der Waals surface area contributed by atoms with Crippen molar-refractivity contribution < 1.29 is 4.79 Å². The highest BCUT2D eigenvalue weighted by molar-refractivity contribution is 5.82. The molecule has 1 aliphatic heterocycles. The van der Waals surface area contributed by atoms with E-state index in [1.54, 1.807) is 0 Å². The number of aromatic nitrogens is 4. The Kier molecular flexibility index (Phi) is 4.86. The van der Waals surface area contributed by atoms with Crippen LogP contribution in [0.1, 0.15) is 45.4 Å². The molecule has 1 saturated carbocycles. The van der Waals surface area contributed by atoms with Gasteiger partial charge < -0.3 is 9.47 Å². The van der Waals surface area contributed by atoms with E-state index < -0.39 is 0 Å². The van der Waals surface area contributed by atoms with Crippen molar-refractivity contribution in [1.29, 1.82) is 0 Å². The van der Waals surface area contributed by atoms with Crippen molar-refractivity contribution in [2.24, 2.45) is 11.8 Å². The Morgan fingerprint density at radius 2 is 2.07 bits per heavy atom. The zero-order valence-electron chi connectivity index (χ0n) is 17.1. The highest BCUT2D eigenvalue weighted by Crippen LogP contribution is 2.32. The predicted molar refractivity (Wildman–Crippen MR) is 113 cm³/mol. The lowest BCUT2D eigenvalue weighted by atomic mass is 9.88. The summed E-state index contributed by atoms with van der Waals surface area (Å²) in [6, 6.07) is 6.74. The number of rotatable bonds is 4. The van der Waals surface area contributed by atoms with Crippen LogP contribution in [0.5, 0.6) is 0 Å². The number of carbonyl (C=O) groups is 1. The molecular weight excluding hydrogens is 362 g/mol. The molecule has 2 aliphatic rings.